The van der Waals surface area contributed by atoms with Crippen LogP contribution in [0.15, 0.2) is 60.7 Å². The molecule has 0 bridgehead atoms. The SMILES string of the molecule is CCC(=O)Nc1cccc(C2=C(c3cc(C)ccc3OCc3ccc(F)cc3F)CCC2)c1. The quantitative estimate of drug-likeness (QED) is 0.413. The van der Waals surface area contributed by atoms with Crippen LogP contribution in [0.25, 0.3) is 11.1 Å². The minimum atomic E-state index is -0.615. The van der Waals surface area contributed by atoms with E-state index in [4.69, 9.17) is 4.74 Å². The van der Waals surface area contributed by atoms with E-state index in [1.807, 2.05) is 44.2 Å². The second-order valence-corrected chi connectivity index (χ2v) is 8.32. The van der Waals surface area contributed by atoms with Crippen LogP contribution in [0, 0.1) is 18.6 Å². The molecule has 0 aliphatic heterocycles. The molecule has 1 aliphatic carbocycles. The Bertz CT molecular complexity index is 1220. The van der Waals surface area contributed by atoms with E-state index in [-0.39, 0.29) is 12.5 Å². The van der Waals surface area contributed by atoms with Crippen LogP contribution < -0.4 is 10.1 Å². The number of rotatable bonds is 7. The van der Waals surface area contributed by atoms with Crippen LogP contribution >= 0.6 is 0 Å². The highest BCUT2D eigenvalue weighted by Gasteiger charge is 2.21. The van der Waals surface area contributed by atoms with Crippen molar-refractivity contribution in [3.05, 3.63) is 94.6 Å². The number of halogens is 2. The molecular weight excluding hydrogens is 420 g/mol. The Balaban J connectivity index is 1.67. The van der Waals surface area contributed by atoms with Gasteiger partial charge in [0.15, 0.2) is 0 Å². The molecule has 3 aromatic rings. The monoisotopic (exact) mass is 447 g/mol. The summed E-state index contributed by atoms with van der Waals surface area (Å²) >= 11 is 0. The molecule has 3 nitrogen and oxygen atoms in total. The Morgan fingerprint density at radius 2 is 1.82 bits per heavy atom. The fraction of sp³-hybridized carbons (Fsp3) is 0.250. The van der Waals surface area contributed by atoms with E-state index in [0.29, 0.717) is 17.7 Å². The Labute approximate surface area is 193 Å². The summed E-state index contributed by atoms with van der Waals surface area (Å²) in [5.41, 5.74) is 6.70. The third-order valence-corrected chi connectivity index (χ3v) is 5.89. The van der Waals surface area contributed by atoms with Crippen molar-refractivity contribution in [3.63, 3.8) is 0 Å². The first-order valence-electron chi connectivity index (χ1n) is 11.2. The zero-order chi connectivity index (χ0) is 23.4. The molecule has 0 aromatic heterocycles. The molecular formula is C28H27F2NO2. The van der Waals surface area contributed by atoms with Gasteiger partial charge in [-0.15, -0.1) is 0 Å². The second-order valence-electron chi connectivity index (χ2n) is 8.32. The van der Waals surface area contributed by atoms with E-state index in [2.05, 4.69) is 17.4 Å². The van der Waals surface area contributed by atoms with Gasteiger partial charge in [-0.3, -0.25) is 4.79 Å². The molecule has 1 amide bonds. The molecule has 5 heteroatoms. The minimum Gasteiger partial charge on any atom is -0.488 e. The number of allylic oxidation sites excluding steroid dienone is 2. The molecule has 0 unspecified atom stereocenters. The van der Waals surface area contributed by atoms with Gasteiger partial charge >= 0.3 is 0 Å². The lowest BCUT2D eigenvalue weighted by molar-refractivity contribution is -0.115. The van der Waals surface area contributed by atoms with Crippen LogP contribution in [0.5, 0.6) is 5.75 Å². The number of anilines is 1. The van der Waals surface area contributed by atoms with Gasteiger partial charge in [-0.1, -0.05) is 30.7 Å². The van der Waals surface area contributed by atoms with Crippen molar-refractivity contribution in [1.82, 2.24) is 0 Å². The van der Waals surface area contributed by atoms with Crippen molar-refractivity contribution in [1.29, 1.82) is 0 Å². The van der Waals surface area contributed by atoms with Crippen molar-refractivity contribution in [2.75, 3.05) is 5.32 Å². The number of benzene rings is 3. The maximum Gasteiger partial charge on any atom is 0.224 e. The fourth-order valence-corrected chi connectivity index (χ4v) is 4.19. The van der Waals surface area contributed by atoms with Gasteiger partial charge in [0.25, 0.3) is 0 Å². The molecule has 0 spiro atoms. The van der Waals surface area contributed by atoms with Crippen molar-refractivity contribution < 1.29 is 18.3 Å². The van der Waals surface area contributed by atoms with Gasteiger partial charge in [0.05, 0.1) is 0 Å². The summed E-state index contributed by atoms with van der Waals surface area (Å²) in [5, 5.41) is 2.93. The highest BCUT2D eigenvalue weighted by Crippen LogP contribution is 2.43. The molecule has 0 heterocycles. The van der Waals surface area contributed by atoms with Crippen LogP contribution in [0.4, 0.5) is 14.5 Å². The summed E-state index contributed by atoms with van der Waals surface area (Å²) in [6, 6.07) is 17.4. The number of aryl methyl sites for hydroxylation is 1. The van der Waals surface area contributed by atoms with E-state index in [1.54, 1.807) is 0 Å². The Hall–Kier alpha value is -3.47. The zero-order valence-corrected chi connectivity index (χ0v) is 18.9. The highest BCUT2D eigenvalue weighted by atomic mass is 19.1. The van der Waals surface area contributed by atoms with Gasteiger partial charge in [0, 0.05) is 29.3 Å². The molecule has 0 atom stereocenters. The summed E-state index contributed by atoms with van der Waals surface area (Å²) in [6.07, 6.45) is 3.29. The minimum absolute atomic E-state index is 0.0172. The summed E-state index contributed by atoms with van der Waals surface area (Å²) in [6.45, 7) is 3.88. The van der Waals surface area contributed by atoms with E-state index in [1.165, 1.54) is 23.3 Å². The Kier molecular flexibility index (Phi) is 6.87. The van der Waals surface area contributed by atoms with E-state index in [0.717, 1.165) is 47.7 Å². The molecule has 33 heavy (non-hydrogen) atoms. The number of carbonyl (C=O) groups excluding carboxylic acids is 1. The summed E-state index contributed by atoms with van der Waals surface area (Å²) in [7, 11) is 0. The van der Waals surface area contributed by atoms with Gasteiger partial charge < -0.3 is 10.1 Å². The van der Waals surface area contributed by atoms with Crippen molar-refractivity contribution >= 4 is 22.7 Å². The second kappa shape index (κ2) is 9.99. The molecule has 0 saturated heterocycles. The van der Waals surface area contributed by atoms with Crippen molar-refractivity contribution in [3.8, 4) is 5.75 Å². The normalized spacial score (nSPS) is 13.3. The first-order chi connectivity index (χ1) is 15.9. The van der Waals surface area contributed by atoms with Gasteiger partial charge in [-0.2, -0.15) is 0 Å². The average Bonchev–Trinajstić information content (AvgIpc) is 3.29. The predicted octanol–water partition coefficient (Wildman–Crippen LogP) is 7.30. The smallest absolute Gasteiger partial charge is 0.224 e. The lowest BCUT2D eigenvalue weighted by atomic mass is 9.95. The van der Waals surface area contributed by atoms with Crippen LogP contribution in [-0.4, -0.2) is 5.91 Å². The third-order valence-electron chi connectivity index (χ3n) is 5.89. The summed E-state index contributed by atoms with van der Waals surface area (Å²) in [5.74, 6) is -0.565. The number of hydrogen-bond donors (Lipinski definition) is 1. The maximum absolute atomic E-state index is 14.1. The molecule has 0 saturated carbocycles. The molecule has 170 valence electrons. The van der Waals surface area contributed by atoms with Gasteiger partial charge in [0.1, 0.15) is 24.0 Å². The number of carbonyl (C=O) groups is 1. The fourth-order valence-electron chi connectivity index (χ4n) is 4.19. The van der Waals surface area contributed by atoms with Gasteiger partial charge in [-0.25, -0.2) is 8.78 Å². The highest BCUT2D eigenvalue weighted by molar-refractivity contribution is 5.96. The van der Waals surface area contributed by atoms with Crippen molar-refractivity contribution in [2.45, 2.75) is 46.1 Å². The topological polar surface area (TPSA) is 38.3 Å². The Morgan fingerprint density at radius 1 is 1.00 bits per heavy atom. The van der Waals surface area contributed by atoms with Gasteiger partial charge in [-0.05, 0) is 79.3 Å². The predicted molar refractivity (Wildman–Crippen MR) is 128 cm³/mol. The largest absolute Gasteiger partial charge is 0.488 e. The first-order valence-corrected chi connectivity index (χ1v) is 11.2. The number of ether oxygens (including phenoxy) is 1. The standard InChI is InChI=1S/C28H27F2NO2/c1-3-28(32)31-22-7-4-6-19(15-22)23-8-5-9-24(23)25-14-18(2)10-13-27(25)33-17-20-11-12-21(29)16-26(20)30/h4,6-7,10-16H,3,5,8-9,17H2,1-2H3,(H,31,32). The van der Waals surface area contributed by atoms with Crippen LogP contribution in [0.1, 0.15) is 54.9 Å². The van der Waals surface area contributed by atoms with E-state index < -0.39 is 11.6 Å². The third kappa shape index (κ3) is 5.30. The van der Waals surface area contributed by atoms with Crippen LogP contribution in [0.2, 0.25) is 0 Å². The van der Waals surface area contributed by atoms with Crippen LogP contribution in [0.3, 0.4) is 0 Å². The van der Waals surface area contributed by atoms with E-state index in [9.17, 15) is 13.6 Å². The summed E-state index contributed by atoms with van der Waals surface area (Å²) in [4.78, 5) is 11.8. The lowest BCUT2D eigenvalue weighted by Gasteiger charge is -2.16. The number of nitrogens with one attached hydrogen (secondary N) is 1. The lowest BCUT2D eigenvalue weighted by Crippen LogP contribution is -2.09. The maximum atomic E-state index is 14.1. The molecule has 1 N–H and O–H groups in total. The zero-order valence-electron chi connectivity index (χ0n) is 18.9. The first kappa shape index (κ1) is 22.7. The molecule has 4 rings (SSSR count). The Morgan fingerprint density at radius 3 is 2.61 bits per heavy atom. The number of amides is 1. The van der Waals surface area contributed by atoms with Crippen LogP contribution in [-0.2, 0) is 11.4 Å². The van der Waals surface area contributed by atoms with Gasteiger partial charge in [0.2, 0.25) is 5.91 Å². The molecule has 0 radical (unpaired) electrons. The molecule has 1 aliphatic rings. The number of hydrogen-bond acceptors (Lipinski definition) is 2. The van der Waals surface area contributed by atoms with Crippen molar-refractivity contribution in [2.24, 2.45) is 0 Å². The molecule has 3 aromatic carbocycles. The summed E-state index contributed by atoms with van der Waals surface area (Å²) < 4.78 is 33.4. The molecule has 0 fully saturated rings. The average molecular weight is 448 g/mol. The van der Waals surface area contributed by atoms with E-state index >= 15 is 0 Å².